The van der Waals surface area contributed by atoms with Gasteiger partial charge in [-0.3, -0.25) is 4.79 Å². The Morgan fingerprint density at radius 2 is 2.12 bits per heavy atom. The van der Waals surface area contributed by atoms with E-state index in [2.05, 4.69) is 12.2 Å². The average Bonchev–Trinajstić information content (AvgIpc) is 2.59. The first-order valence-corrected chi connectivity index (χ1v) is 8.99. The van der Waals surface area contributed by atoms with Crippen molar-refractivity contribution in [1.29, 1.82) is 0 Å². The predicted molar refractivity (Wildman–Crippen MR) is 95.4 cm³/mol. The molecule has 0 aromatic heterocycles. The highest BCUT2D eigenvalue weighted by Gasteiger charge is 2.37. The molecule has 0 saturated carbocycles. The van der Waals surface area contributed by atoms with Gasteiger partial charge >= 0.3 is 13.1 Å². The lowest BCUT2D eigenvalue weighted by atomic mass is 9.72. The van der Waals surface area contributed by atoms with Crippen molar-refractivity contribution in [1.82, 2.24) is 5.32 Å². The van der Waals surface area contributed by atoms with Gasteiger partial charge in [0.1, 0.15) is 11.3 Å². The Balaban J connectivity index is 2.06. The number of esters is 1. The predicted octanol–water partition coefficient (Wildman–Crippen LogP) is 2.27. The molecule has 1 heterocycles. The fraction of sp³-hybridized carbons (Fsp3) is 0.556. The summed E-state index contributed by atoms with van der Waals surface area (Å²) in [5.41, 5.74) is 1.08. The third-order valence-electron chi connectivity index (χ3n) is 4.14. The maximum absolute atomic E-state index is 12.3. The van der Waals surface area contributed by atoms with Gasteiger partial charge in [0.25, 0.3) is 0 Å². The molecule has 0 saturated heterocycles. The monoisotopic (exact) mass is 347 g/mol. The lowest BCUT2D eigenvalue weighted by Crippen LogP contribution is -2.53. The summed E-state index contributed by atoms with van der Waals surface area (Å²) in [5, 5.41) is 13.0. The van der Waals surface area contributed by atoms with Crippen LogP contribution >= 0.6 is 0 Å². The molecule has 1 aromatic carbocycles. The van der Waals surface area contributed by atoms with Gasteiger partial charge in [-0.15, -0.1) is 0 Å². The number of para-hydroxylation sites is 1. The second kappa shape index (κ2) is 9.46. The van der Waals surface area contributed by atoms with Crippen LogP contribution in [0.2, 0.25) is 0 Å². The van der Waals surface area contributed by atoms with E-state index in [4.69, 9.17) is 9.39 Å². The zero-order valence-electron chi connectivity index (χ0n) is 14.9. The summed E-state index contributed by atoms with van der Waals surface area (Å²) in [5.74, 6) is -0.752. The van der Waals surface area contributed by atoms with Crippen LogP contribution in [-0.4, -0.2) is 36.6 Å². The van der Waals surface area contributed by atoms with Gasteiger partial charge in [0.05, 0.1) is 12.5 Å². The fourth-order valence-corrected chi connectivity index (χ4v) is 2.81. The molecule has 136 valence electrons. The normalized spacial score (nSPS) is 16.0. The van der Waals surface area contributed by atoms with Crippen molar-refractivity contribution in [3.05, 3.63) is 29.3 Å². The topological polar surface area (TPSA) is 84.9 Å². The average molecular weight is 347 g/mol. The van der Waals surface area contributed by atoms with Crippen molar-refractivity contribution in [3.63, 3.8) is 0 Å². The molecule has 1 amide bonds. The Bertz CT molecular complexity index is 607. The molecule has 0 fully saturated rings. The second-order valence-electron chi connectivity index (χ2n) is 6.27. The van der Waals surface area contributed by atoms with Crippen LogP contribution in [0.5, 0.6) is 5.75 Å². The number of rotatable bonds is 8. The molecule has 0 aliphatic carbocycles. The van der Waals surface area contributed by atoms with E-state index in [0.29, 0.717) is 30.8 Å². The second-order valence-corrected chi connectivity index (χ2v) is 6.27. The smallest absolute Gasteiger partial charge is 0.534 e. The zero-order valence-corrected chi connectivity index (χ0v) is 14.9. The Morgan fingerprint density at radius 3 is 2.84 bits per heavy atom. The molecule has 1 atom stereocenters. The number of benzene rings is 1. The van der Waals surface area contributed by atoms with Crippen LogP contribution < -0.4 is 9.97 Å². The van der Waals surface area contributed by atoms with E-state index in [1.807, 2.05) is 13.0 Å². The fourth-order valence-electron chi connectivity index (χ4n) is 2.81. The van der Waals surface area contributed by atoms with Crippen LogP contribution in [-0.2, 0) is 16.0 Å². The van der Waals surface area contributed by atoms with Crippen LogP contribution in [0, 0.1) is 0 Å². The molecule has 7 heteroatoms. The number of amides is 1. The molecular weight excluding hydrogens is 321 g/mol. The minimum atomic E-state index is -1.19. The Hall–Kier alpha value is -2.02. The summed E-state index contributed by atoms with van der Waals surface area (Å²) >= 11 is 0. The highest BCUT2D eigenvalue weighted by molar-refractivity contribution is 6.47. The third kappa shape index (κ3) is 5.23. The van der Waals surface area contributed by atoms with Crippen molar-refractivity contribution < 1.29 is 24.0 Å². The van der Waals surface area contributed by atoms with Gasteiger partial charge in [0.15, 0.2) is 0 Å². The van der Waals surface area contributed by atoms with Crippen molar-refractivity contribution in [2.75, 3.05) is 6.61 Å². The first kappa shape index (κ1) is 19.3. The van der Waals surface area contributed by atoms with Crippen LogP contribution in [0.15, 0.2) is 18.2 Å². The molecule has 6 nitrogen and oxygen atoms in total. The first-order chi connectivity index (χ1) is 12.1. The Kier molecular flexibility index (Phi) is 7.31. The molecule has 1 aliphatic heterocycles. The van der Waals surface area contributed by atoms with E-state index in [9.17, 15) is 14.6 Å². The van der Waals surface area contributed by atoms with Crippen LogP contribution in [0.25, 0.3) is 0 Å². The van der Waals surface area contributed by atoms with Crippen molar-refractivity contribution in [3.8, 4) is 5.75 Å². The highest BCUT2D eigenvalue weighted by atomic mass is 16.5. The maximum atomic E-state index is 12.3. The molecule has 25 heavy (non-hydrogen) atoms. The van der Waals surface area contributed by atoms with Gasteiger partial charge in [-0.05, 0) is 30.9 Å². The van der Waals surface area contributed by atoms with E-state index < -0.39 is 19.0 Å². The van der Waals surface area contributed by atoms with Gasteiger partial charge in [0, 0.05) is 6.42 Å². The quantitative estimate of drug-likeness (QED) is 0.428. The largest absolute Gasteiger partial charge is 0.547 e. The molecule has 0 spiro atoms. The standard InChI is InChI=1S/C18H26BNO5/c1-3-5-6-11-24-18(22)14-10-7-9-13-12-15(19(23)25-17(13)14)20-16(21)8-4-2/h7,9-10,15,23H,3-6,8,11-12H2,1-2H3,(H,20,21)/t15-/m0/s1. The first-order valence-electron chi connectivity index (χ1n) is 8.99. The number of carbonyl (C=O) groups excluding carboxylic acids is 2. The number of unbranched alkanes of at least 4 members (excludes halogenated alkanes) is 2. The number of hydrogen-bond acceptors (Lipinski definition) is 5. The van der Waals surface area contributed by atoms with Gasteiger partial charge < -0.3 is 19.7 Å². The third-order valence-corrected chi connectivity index (χ3v) is 4.14. The van der Waals surface area contributed by atoms with E-state index in [-0.39, 0.29) is 5.91 Å². The minimum absolute atomic E-state index is 0.120. The number of hydrogen-bond donors (Lipinski definition) is 2. The highest BCUT2D eigenvalue weighted by Crippen LogP contribution is 2.30. The van der Waals surface area contributed by atoms with E-state index in [0.717, 1.165) is 31.2 Å². The summed E-state index contributed by atoms with van der Waals surface area (Å²) in [7, 11) is -1.19. The van der Waals surface area contributed by atoms with Gasteiger partial charge in [-0.1, -0.05) is 38.8 Å². The lowest BCUT2D eigenvalue weighted by Gasteiger charge is -2.29. The molecule has 0 radical (unpaired) electrons. The Morgan fingerprint density at radius 1 is 1.32 bits per heavy atom. The van der Waals surface area contributed by atoms with Gasteiger partial charge in [-0.2, -0.15) is 0 Å². The zero-order chi connectivity index (χ0) is 18.2. The molecule has 0 bridgehead atoms. The van der Waals surface area contributed by atoms with E-state index in [1.165, 1.54) is 0 Å². The molecule has 1 aliphatic rings. The number of nitrogens with one attached hydrogen (secondary N) is 1. The summed E-state index contributed by atoms with van der Waals surface area (Å²) in [6, 6.07) is 5.21. The summed E-state index contributed by atoms with van der Waals surface area (Å²) in [6.07, 6.45) is 4.43. The summed E-state index contributed by atoms with van der Waals surface area (Å²) < 4.78 is 10.8. The van der Waals surface area contributed by atoms with Gasteiger partial charge in [-0.25, -0.2) is 4.79 Å². The van der Waals surface area contributed by atoms with Crippen molar-refractivity contribution in [2.45, 2.75) is 58.3 Å². The molecule has 1 aromatic rings. The minimum Gasteiger partial charge on any atom is -0.534 e. The van der Waals surface area contributed by atoms with Crippen LogP contribution in [0.4, 0.5) is 0 Å². The molecular formula is C18H26BNO5. The van der Waals surface area contributed by atoms with Gasteiger partial charge in [0.2, 0.25) is 5.91 Å². The maximum Gasteiger partial charge on any atom is 0.547 e. The van der Waals surface area contributed by atoms with Crippen molar-refractivity contribution >= 4 is 19.0 Å². The molecule has 2 rings (SSSR count). The molecule has 2 N–H and O–H groups in total. The summed E-state index contributed by atoms with van der Waals surface area (Å²) in [6.45, 7) is 4.37. The molecule has 0 unspecified atom stereocenters. The lowest BCUT2D eigenvalue weighted by molar-refractivity contribution is -0.121. The summed E-state index contributed by atoms with van der Waals surface area (Å²) in [4.78, 5) is 24.0. The van der Waals surface area contributed by atoms with E-state index in [1.54, 1.807) is 12.1 Å². The Labute approximate surface area is 149 Å². The van der Waals surface area contributed by atoms with E-state index >= 15 is 0 Å². The number of carbonyl (C=O) groups is 2. The van der Waals surface area contributed by atoms with Crippen molar-refractivity contribution in [2.24, 2.45) is 0 Å². The SMILES string of the molecule is CCCCCOC(=O)c1cccc2c1OB(O)[C@@H](NC(=O)CCC)C2. The van der Waals surface area contributed by atoms with Crippen LogP contribution in [0.3, 0.4) is 0 Å². The number of fused-ring (bicyclic) bond motifs is 1. The van der Waals surface area contributed by atoms with Crippen LogP contribution in [0.1, 0.15) is 61.9 Å². The number of ether oxygens (including phenoxy) is 1.